The predicted octanol–water partition coefficient (Wildman–Crippen LogP) is 9.60. The van der Waals surface area contributed by atoms with E-state index in [1.165, 1.54) is 62.6 Å². The van der Waals surface area contributed by atoms with Crippen molar-refractivity contribution in [3.8, 4) is 11.3 Å². The molecule has 4 saturated carbocycles. The van der Waals surface area contributed by atoms with Crippen LogP contribution in [0.2, 0.25) is 0 Å². The summed E-state index contributed by atoms with van der Waals surface area (Å²) in [6.07, 6.45) is 16.8. The van der Waals surface area contributed by atoms with E-state index in [1.54, 1.807) is 0 Å². The summed E-state index contributed by atoms with van der Waals surface area (Å²) in [5.41, 5.74) is 6.62. The summed E-state index contributed by atoms with van der Waals surface area (Å²) in [6.45, 7) is 6.00. The lowest BCUT2D eigenvalue weighted by molar-refractivity contribution is -0.141. The van der Waals surface area contributed by atoms with Gasteiger partial charge in [-0.25, -0.2) is 4.39 Å². The van der Waals surface area contributed by atoms with E-state index in [0.29, 0.717) is 28.9 Å². The molecule has 8 rings (SSSR count). The van der Waals surface area contributed by atoms with Gasteiger partial charge < -0.3 is 14.8 Å². The van der Waals surface area contributed by atoms with Crippen LogP contribution >= 0.6 is 0 Å². The molecule has 5 aliphatic carbocycles. The molecular formula is C41H52FNO3. The molecule has 3 aromatic rings. The highest BCUT2D eigenvalue weighted by molar-refractivity contribution is 6.11. The average Bonchev–Trinajstić information content (AvgIpc) is 3.52. The van der Waals surface area contributed by atoms with Crippen molar-refractivity contribution in [2.45, 2.75) is 122 Å². The molecule has 0 radical (unpaired) electrons. The Bertz CT molecular complexity index is 1610. The van der Waals surface area contributed by atoms with Gasteiger partial charge in [0, 0.05) is 35.2 Å². The second kappa shape index (κ2) is 11.9. The number of carbonyl (C=O) groups is 1. The minimum absolute atomic E-state index is 0.0422. The number of aliphatic hydroxyl groups excluding tert-OH is 1. The van der Waals surface area contributed by atoms with E-state index in [0.717, 1.165) is 103 Å². The van der Waals surface area contributed by atoms with E-state index in [2.05, 4.69) is 43.1 Å². The van der Waals surface area contributed by atoms with E-state index >= 15 is 0 Å². The zero-order chi connectivity index (χ0) is 31.6. The number of fused-ring (bicyclic) bond motifs is 5. The summed E-state index contributed by atoms with van der Waals surface area (Å²) < 4.78 is 21.0. The first-order valence-electron chi connectivity index (χ1n) is 18.5. The number of aryl methyl sites for hydroxylation is 2. The smallest absolute Gasteiger partial charge is 0.163 e. The fraction of sp³-hybridized carbons (Fsp3) is 0.634. The number of ketones is 1. The molecule has 5 aliphatic rings. The number of aromatic amines is 1. The molecule has 46 heavy (non-hydrogen) atoms. The minimum Gasteiger partial charge on any atom is -0.393 e. The molecule has 0 amide bonds. The van der Waals surface area contributed by atoms with Gasteiger partial charge in [-0.05, 0) is 153 Å². The number of benzene rings is 2. The third kappa shape index (κ3) is 5.10. The molecule has 1 heterocycles. The maximum atomic E-state index is 14.3. The first-order valence-corrected chi connectivity index (χ1v) is 18.5. The van der Waals surface area contributed by atoms with Gasteiger partial charge in [0.1, 0.15) is 5.82 Å². The van der Waals surface area contributed by atoms with E-state index in [9.17, 15) is 14.3 Å². The first kappa shape index (κ1) is 30.8. The molecule has 0 aliphatic heterocycles. The Morgan fingerprint density at radius 1 is 0.935 bits per heavy atom. The van der Waals surface area contributed by atoms with E-state index in [4.69, 9.17) is 4.74 Å². The van der Waals surface area contributed by atoms with Gasteiger partial charge in [0.2, 0.25) is 0 Å². The van der Waals surface area contributed by atoms with Crippen molar-refractivity contribution in [3.05, 3.63) is 58.9 Å². The quantitative estimate of drug-likeness (QED) is 0.257. The summed E-state index contributed by atoms with van der Waals surface area (Å²) in [5, 5.41) is 11.3. The van der Waals surface area contributed by atoms with Crippen LogP contribution in [-0.2, 0) is 17.6 Å². The highest BCUT2D eigenvalue weighted by Gasteiger charge is 2.60. The Labute approximate surface area is 273 Å². The average molecular weight is 626 g/mol. The molecule has 4 fully saturated rings. The summed E-state index contributed by atoms with van der Waals surface area (Å²) in [4.78, 5) is 16.1. The van der Waals surface area contributed by atoms with Crippen molar-refractivity contribution in [3.63, 3.8) is 0 Å². The van der Waals surface area contributed by atoms with Crippen molar-refractivity contribution >= 4 is 16.7 Å². The van der Waals surface area contributed by atoms with Gasteiger partial charge in [-0.1, -0.05) is 38.1 Å². The molecule has 0 bridgehead atoms. The third-order valence-corrected chi connectivity index (χ3v) is 14.1. The second-order valence-electron chi connectivity index (χ2n) is 16.4. The van der Waals surface area contributed by atoms with Crippen LogP contribution in [0.1, 0.15) is 119 Å². The first-order chi connectivity index (χ1) is 22.2. The lowest BCUT2D eigenvalue weighted by atomic mass is 9.45. The van der Waals surface area contributed by atoms with Crippen LogP contribution in [0, 0.1) is 40.3 Å². The van der Waals surface area contributed by atoms with Gasteiger partial charge in [-0.2, -0.15) is 0 Å². The number of aromatic nitrogens is 1. The van der Waals surface area contributed by atoms with E-state index in [1.807, 2.05) is 0 Å². The van der Waals surface area contributed by atoms with Gasteiger partial charge in [-0.3, -0.25) is 4.79 Å². The molecular weight excluding hydrogens is 573 g/mol. The number of ether oxygens (including phenoxy) is 1. The number of halogens is 1. The Kier molecular flexibility index (Phi) is 7.96. The summed E-state index contributed by atoms with van der Waals surface area (Å²) in [6, 6.07) is 11.7. The molecule has 8 atom stereocenters. The van der Waals surface area contributed by atoms with Crippen LogP contribution in [0.4, 0.5) is 4.39 Å². The molecule has 0 saturated heterocycles. The lowest BCUT2D eigenvalue weighted by Gasteiger charge is -2.60. The fourth-order valence-corrected chi connectivity index (χ4v) is 11.6. The SMILES string of the molecule is C[C@]12CC[C@@H](O)C[C@@H]1CC[C@@H]1[C@@H]2CC[C@]2(C)[C@@H](OCCCCc3ccc(-c4[nH]c5cc(F)cc6c5c4CCCC6=O)cc3)CC[C@@H]12. The molecule has 2 aromatic carbocycles. The monoisotopic (exact) mass is 625 g/mol. The summed E-state index contributed by atoms with van der Waals surface area (Å²) in [5.74, 6) is 2.91. The van der Waals surface area contributed by atoms with Crippen molar-refractivity contribution in [2.24, 2.45) is 34.5 Å². The van der Waals surface area contributed by atoms with Crippen LogP contribution in [0.25, 0.3) is 22.2 Å². The zero-order valence-corrected chi connectivity index (χ0v) is 27.9. The van der Waals surface area contributed by atoms with Crippen molar-refractivity contribution < 1.29 is 19.0 Å². The number of nitrogens with one attached hydrogen (secondary N) is 1. The Morgan fingerprint density at radius 3 is 2.59 bits per heavy atom. The van der Waals surface area contributed by atoms with Crippen molar-refractivity contribution in [1.29, 1.82) is 0 Å². The highest BCUT2D eigenvalue weighted by atomic mass is 19.1. The van der Waals surface area contributed by atoms with Crippen molar-refractivity contribution in [1.82, 2.24) is 4.98 Å². The van der Waals surface area contributed by atoms with Gasteiger partial charge in [-0.15, -0.1) is 0 Å². The summed E-state index contributed by atoms with van der Waals surface area (Å²) >= 11 is 0. The predicted molar refractivity (Wildman–Crippen MR) is 181 cm³/mol. The van der Waals surface area contributed by atoms with Crippen LogP contribution in [0.5, 0.6) is 0 Å². The molecule has 0 spiro atoms. The van der Waals surface area contributed by atoms with Crippen LogP contribution in [0.3, 0.4) is 0 Å². The Morgan fingerprint density at radius 2 is 1.74 bits per heavy atom. The standard InChI is InChI=1S/C41H52FNO3/c1-40-19-17-29(44)22-27(40)13-14-30-33-15-16-37(41(33,2)20-18-34(30)40)46-21-4-3-6-25-9-11-26(12-10-25)39-31-7-5-8-36(45)32-23-28(42)24-35(43-39)38(31)32/h9-12,23-24,27,29-30,33-34,37,43-44H,3-8,13-22H2,1-2H3/t27-,29+,30-,33-,34-,37-,40-,41-/m0/s1. The number of H-pyrrole nitrogens is 1. The molecule has 2 N–H and O–H groups in total. The lowest BCUT2D eigenvalue weighted by Crippen LogP contribution is -2.54. The van der Waals surface area contributed by atoms with Crippen LogP contribution < -0.4 is 0 Å². The number of carbonyl (C=O) groups excluding carboxylic acids is 1. The summed E-state index contributed by atoms with van der Waals surface area (Å²) in [7, 11) is 0. The largest absolute Gasteiger partial charge is 0.393 e. The van der Waals surface area contributed by atoms with Crippen molar-refractivity contribution in [2.75, 3.05) is 6.61 Å². The number of hydrogen-bond acceptors (Lipinski definition) is 3. The molecule has 1 aromatic heterocycles. The van der Waals surface area contributed by atoms with Gasteiger partial charge in [0.25, 0.3) is 0 Å². The normalized spacial score (nSPS) is 35.4. The van der Waals surface area contributed by atoms with Crippen LogP contribution in [0.15, 0.2) is 36.4 Å². The molecule has 246 valence electrons. The third-order valence-electron chi connectivity index (χ3n) is 14.1. The number of rotatable bonds is 7. The highest BCUT2D eigenvalue weighted by Crippen LogP contribution is 2.66. The van der Waals surface area contributed by atoms with E-state index in [-0.39, 0.29) is 17.7 Å². The van der Waals surface area contributed by atoms with Gasteiger partial charge in [0.15, 0.2) is 5.78 Å². The Hall–Kier alpha value is -2.50. The number of hydrogen-bond donors (Lipinski definition) is 2. The fourth-order valence-electron chi connectivity index (χ4n) is 11.6. The molecule has 5 heteroatoms. The molecule has 0 unspecified atom stereocenters. The van der Waals surface area contributed by atoms with Gasteiger partial charge in [0.05, 0.1) is 12.2 Å². The number of aliphatic hydroxyl groups is 1. The number of unbranched alkanes of at least 4 members (excludes halogenated alkanes) is 1. The maximum Gasteiger partial charge on any atom is 0.163 e. The minimum atomic E-state index is -0.358. The topological polar surface area (TPSA) is 62.3 Å². The number of Topliss-reactive ketones (excluding diaryl/α,β-unsaturated/α-hetero) is 1. The molecule has 4 nitrogen and oxygen atoms in total. The zero-order valence-electron chi connectivity index (χ0n) is 27.9. The maximum absolute atomic E-state index is 14.3. The Balaban J connectivity index is 0.857. The second-order valence-corrected chi connectivity index (χ2v) is 16.4. The van der Waals surface area contributed by atoms with Crippen LogP contribution in [-0.4, -0.2) is 34.7 Å². The van der Waals surface area contributed by atoms with E-state index < -0.39 is 0 Å². The van der Waals surface area contributed by atoms with Gasteiger partial charge >= 0.3 is 0 Å².